The van der Waals surface area contributed by atoms with Crippen LogP contribution in [0.3, 0.4) is 0 Å². The Morgan fingerprint density at radius 3 is 2.15 bits per heavy atom. The minimum atomic E-state index is -5.76. The Balaban J connectivity index is 3.20. The number of anilines is 1. The number of ether oxygens (including phenoxy) is 1. The minimum Gasteiger partial charge on any atom is -0.478 e. The molecule has 0 atom stereocenters. The number of alkyl halides is 6. The zero-order chi connectivity index (χ0) is 15.7. The van der Waals surface area contributed by atoms with E-state index in [-0.39, 0.29) is 0 Å². The topological polar surface area (TPSA) is 85.4 Å². The monoisotopic (exact) mass is 304 g/mol. The van der Waals surface area contributed by atoms with Gasteiger partial charge in [-0.2, -0.15) is 26.3 Å². The molecule has 0 saturated carbocycles. The summed E-state index contributed by atoms with van der Waals surface area (Å²) in [7, 11) is 0. The molecule has 1 rings (SSSR count). The van der Waals surface area contributed by atoms with Crippen molar-refractivity contribution in [3.05, 3.63) is 17.8 Å². The van der Waals surface area contributed by atoms with Gasteiger partial charge in [0.2, 0.25) is 5.88 Å². The van der Waals surface area contributed by atoms with Crippen LogP contribution in [-0.4, -0.2) is 34.5 Å². The molecule has 0 unspecified atom stereocenters. The number of hydrogen-bond acceptors (Lipinski definition) is 4. The smallest absolute Gasteiger partial charge is 0.434 e. The summed E-state index contributed by atoms with van der Waals surface area (Å²) in [5, 5.41) is 8.64. The lowest BCUT2D eigenvalue weighted by Crippen LogP contribution is -2.46. The molecule has 1 aromatic rings. The predicted octanol–water partition coefficient (Wildman–Crippen LogP) is 2.23. The van der Waals surface area contributed by atoms with Gasteiger partial charge in [0.25, 0.3) is 6.10 Å². The van der Waals surface area contributed by atoms with Crippen LogP contribution in [0.25, 0.3) is 0 Å². The maximum absolute atomic E-state index is 12.3. The molecular weight excluding hydrogens is 298 g/mol. The average molecular weight is 304 g/mol. The normalized spacial score (nSPS) is 12.6. The van der Waals surface area contributed by atoms with Gasteiger partial charge in [0.15, 0.2) is 0 Å². The summed E-state index contributed by atoms with van der Waals surface area (Å²) in [5.41, 5.74) is 3.46. The van der Waals surface area contributed by atoms with Gasteiger partial charge in [-0.15, -0.1) is 0 Å². The second-order valence-corrected chi connectivity index (χ2v) is 3.46. The van der Waals surface area contributed by atoms with Crippen molar-refractivity contribution in [1.82, 2.24) is 4.98 Å². The second kappa shape index (κ2) is 5.06. The maximum atomic E-state index is 12.3. The van der Waals surface area contributed by atoms with E-state index in [1.165, 1.54) is 0 Å². The molecule has 0 amide bonds. The number of nitrogens with two attached hydrogens (primary N) is 1. The Hall–Kier alpha value is -2.20. The fraction of sp³-hybridized carbons (Fsp3) is 0.333. The van der Waals surface area contributed by atoms with Gasteiger partial charge >= 0.3 is 18.3 Å². The van der Waals surface area contributed by atoms with Crippen molar-refractivity contribution in [2.75, 3.05) is 5.73 Å². The fourth-order valence-corrected chi connectivity index (χ4v) is 1.17. The van der Waals surface area contributed by atoms with Gasteiger partial charge in [-0.3, -0.25) is 0 Å². The van der Waals surface area contributed by atoms with Crippen molar-refractivity contribution >= 4 is 11.7 Å². The third-order valence-electron chi connectivity index (χ3n) is 2.01. The van der Waals surface area contributed by atoms with Crippen molar-refractivity contribution < 1.29 is 41.0 Å². The highest BCUT2D eigenvalue weighted by Gasteiger charge is 2.59. The number of hydrogen-bond donors (Lipinski definition) is 2. The third-order valence-corrected chi connectivity index (χ3v) is 2.01. The van der Waals surface area contributed by atoms with E-state index in [0.717, 1.165) is 6.07 Å². The van der Waals surface area contributed by atoms with Crippen LogP contribution in [0.1, 0.15) is 10.4 Å². The second-order valence-electron chi connectivity index (χ2n) is 3.46. The van der Waals surface area contributed by atoms with E-state index in [1.54, 1.807) is 0 Å². The first kappa shape index (κ1) is 15.9. The lowest BCUT2D eigenvalue weighted by Gasteiger charge is -2.23. The fourth-order valence-electron chi connectivity index (χ4n) is 1.17. The number of carboxylic acid groups (broad SMARTS) is 1. The molecule has 0 radical (unpaired) electrons. The molecule has 0 aliphatic heterocycles. The molecule has 11 heteroatoms. The van der Waals surface area contributed by atoms with Gasteiger partial charge in [-0.25, -0.2) is 9.78 Å². The molecule has 0 saturated heterocycles. The Morgan fingerprint density at radius 1 is 1.25 bits per heavy atom. The van der Waals surface area contributed by atoms with Crippen molar-refractivity contribution in [3.8, 4) is 5.88 Å². The molecule has 1 aromatic heterocycles. The predicted molar refractivity (Wildman–Crippen MR) is 52.1 cm³/mol. The van der Waals surface area contributed by atoms with E-state index in [2.05, 4.69) is 9.72 Å². The SMILES string of the molecule is Nc1c(C(=O)O)ccnc1OC(C(F)(F)F)C(F)(F)F. The highest BCUT2D eigenvalue weighted by molar-refractivity contribution is 5.94. The minimum absolute atomic E-state index is 0.666. The van der Waals surface area contributed by atoms with E-state index >= 15 is 0 Å². The summed E-state index contributed by atoms with van der Waals surface area (Å²) in [5.74, 6) is -2.91. The number of pyridine rings is 1. The van der Waals surface area contributed by atoms with Crippen molar-refractivity contribution in [2.45, 2.75) is 18.5 Å². The Kier molecular flexibility index (Phi) is 4.01. The number of carbonyl (C=O) groups is 1. The first-order valence-electron chi connectivity index (χ1n) is 4.72. The maximum Gasteiger partial charge on any atom is 0.434 e. The zero-order valence-corrected chi connectivity index (χ0v) is 9.29. The number of rotatable bonds is 3. The molecule has 0 aliphatic rings. The molecule has 0 spiro atoms. The molecule has 20 heavy (non-hydrogen) atoms. The van der Waals surface area contributed by atoms with E-state index in [0.29, 0.717) is 6.20 Å². The van der Waals surface area contributed by atoms with Crippen molar-refractivity contribution in [3.63, 3.8) is 0 Å². The Morgan fingerprint density at radius 2 is 1.75 bits per heavy atom. The van der Waals surface area contributed by atoms with Crippen LogP contribution in [0.5, 0.6) is 5.88 Å². The largest absolute Gasteiger partial charge is 0.478 e. The molecular formula is C9H6F6N2O3. The molecule has 112 valence electrons. The van der Waals surface area contributed by atoms with Gasteiger partial charge in [-0.1, -0.05) is 0 Å². The summed E-state index contributed by atoms with van der Waals surface area (Å²) >= 11 is 0. The Labute approximate surface area is 107 Å². The molecule has 5 nitrogen and oxygen atoms in total. The number of carboxylic acids is 1. The summed E-state index contributed by atoms with van der Waals surface area (Å²) in [6.45, 7) is 0. The van der Waals surface area contributed by atoms with Crippen molar-refractivity contribution in [2.24, 2.45) is 0 Å². The first-order chi connectivity index (χ1) is 8.94. The van der Waals surface area contributed by atoms with E-state index in [1.807, 2.05) is 0 Å². The lowest BCUT2D eigenvalue weighted by molar-refractivity contribution is -0.300. The lowest BCUT2D eigenvalue weighted by atomic mass is 10.2. The number of aromatic nitrogens is 1. The summed E-state index contributed by atoms with van der Waals surface area (Å²) < 4.78 is 77.3. The van der Waals surface area contributed by atoms with Crippen LogP contribution in [0.2, 0.25) is 0 Å². The average Bonchev–Trinajstić information content (AvgIpc) is 2.23. The van der Waals surface area contributed by atoms with Crippen LogP contribution >= 0.6 is 0 Å². The highest BCUT2D eigenvalue weighted by atomic mass is 19.4. The van der Waals surface area contributed by atoms with Gasteiger partial charge in [0.1, 0.15) is 5.69 Å². The number of nitrogen functional groups attached to an aromatic ring is 1. The molecule has 0 fully saturated rings. The zero-order valence-electron chi connectivity index (χ0n) is 9.29. The van der Waals surface area contributed by atoms with Gasteiger partial charge < -0.3 is 15.6 Å². The summed E-state index contributed by atoms with van der Waals surface area (Å²) in [4.78, 5) is 13.7. The van der Waals surface area contributed by atoms with Gasteiger partial charge in [-0.05, 0) is 6.07 Å². The van der Waals surface area contributed by atoms with Crippen LogP contribution in [0.4, 0.5) is 32.0 Å². The summed E-state index contributed by atoms with van der Waals surface area (Å²) in [6, 6.07) is 0.806. The van der Waals surface area contributed by atoms with Crippen LogP contribution < -0.4 is 10.5 Å². The molecule has 0 bridgehead atoms. The van der Waals surface area contributed by atoms with Crippen molar-refractivity contribution in [1.29, 1.82) is 0 Å². The summed E-state index contributed by atoms with van der Waals surface area (Å²) in [6.07, 6.45) is -15.0. The van der Waals surface area contributed by atoms with E-state index in [9.17, 15) is 31.1 Å². The molecule has 1 heterocycles. The highest BCUT2D eigenvalue weighted by Crippen LogP contribution is 2.37. The van der Waals surface area contributed by atoms with E-state index in [4.69, 9.17) is 10.8 Å². The third kappa shape index (κ3) is 3.42. The van der Waals surface area contributed by atoms with Gasteiger partial charge in [0.05, 0.1) is 5.56 Å². The number of aromatic carboxylic acids is 1. The Bertz CT molecular complexity index is 499. The molecule has 0 aromatic carbocycles. The molecule has 0 aliphatic carbocycles. The number of nitrogens with zero attached hydrogens (tertiary/aromatic N) is 1. The van der Waals surface area contributed by atoms with Crippen LogP contribution in [0, 0.1) is 0 Å². The van der Waals surface area contributed by atoms with Crippen LogP contribution in [-0.2, 0) is 0 Å². The van der Waals surface area contributed by atoms with Gasteiger partial charge in [0, 0.05) is 6.20 Å². The molecule has 3 N–H and O–H groups in total. The standard InChI is InChI=1S/C9H6F6N2O3/c10-8(11,12)7(9(13,14)15)20-5-4(16)3(6(18)19)1-2-17-5/h1-2,7H,16H2,(H,18,19). The number of halogens is 6. The quantitative estimate of drug-likeness (QED) is 0.836. The van der Waals surface area contributed by atoms with Crippen LogP contribution in [0.15, 0.2) is 12.3 Å². The first-order valence-corrected chi connectivity index (χ1v) is 4.72. The van der Waals surface area contributed by atoms with E-state index < -0.39 is 41.6 Å².